The lowest BCUT2D eigenvalue weighted by Gasteiger charge is -2.10. The Morgan fingerprint density at radius 3 is 2.44 bits per heavy atom. The lowest BCUT2D eigenvalue weighted by molar-refractivity contribution is -0.384. The number of hydrogen-bond acceptors (Lipinski definition) is 5. The lowest BCUT2D eigenvalue weighted by atomic mass is 10.2. The third-order valence-corrected chi connectivity index (χ3v) is 3.92. The van der Waals surface area contributed by atoms with Crippen LogP contribution in [0.4, 0.5) is 5.69 Å². The van der Waals surface area contributed by atoms with Gasteiger partial charge >= 0.3 is 5.97 Å². The van der Waals surface area contributed by atoms with E-state index in [9.17, 15) is 14.9 Å². The highest BCUT2D eigenvalue weighted by molar-refractivity contribution is 6.43. The minimum atomic E-state index is -0.502. The summed E-state index contributed by atoms with van der Waals surface area (Å²) in [4.78, 5) is 21.5. The van der Waals surface area contributed by atoms with Crippen LogP contribution in [0.2, 0.25) is 10.0 Å². The van der Waals surface area contributed by atoms with Crippen LogP contribution >= 0.6 is 23.2 Å². The molecule has 0 bridgehead atoms. The van der Waals surface area contributed by atoms with Crippen molar-refractivity contribution in [1.82, 2.24) is 0 Å². The second-order valence-electron chi connectivity index (χ2n) is 4.72. The first kappa shape index (κ1) is 18.8. The van der Waals surface area contributed by atoms with Crippen molar-refractivity contribution < 1.29 is 19.2 Å². The summed E-state index contributed by atoms with van der Waals surface area (Å²) < 4.78 is 10.4. The fourth-order valence-corrected chi connectivity index (χ4v) is 2.30. The normalized spacial score (nSPS) is 10.7. The number of carbonyl (C=O) groups excluding carboxylic acids is 1. The Labute approximate surface area is 153 Å². The van der Waals surface area contributed by atoms with E-state index >= 15 is 0 Å². The van der Waals surface area contributed by atoms with E-state index in [0.29, 0.717) is 11.3 Å². The van der Waals surface area contributed by atoms with Gasteiger partial charge in [0.05, 0.1) is 16.6 Å². The summed E-state index contributed by atoms with van der Waals surface area (Å²) in [5.74, 6) is 0.174. The minimum Gasteiger partial charge on any atom is -0.463 e. The number of nitro groups is 1. The van der Waals surface area contributed by atoms with Crippen molar-refractivity contribution in [2.45, 2.75) is 6.92 Å². The van der Waals surface area contributed by atoms with Gasteiger partial charge in [0, 0.05) is 18.2 Å². The van der Waals surface area contributed by atoms with E-state index in [1.807, 2.05) is 0 Å². The molecular formula is C17H13Cl2NO5. The fourth-order valence-electron chi connectivity index (χ4n) is 1.87. The van der Waals surface area contributed by atoms with Gasteiger partial charge in [-0.3, -0.25) is 10.1 Å². The summed E-state index contributed by atoms with van der Waals surface area (Å²) >= 11 is 12.4. The molecule has 0 aliphatic carbocycles. The summed E-state index contributed by atoms with van der Waals surface area (Å²) in [6, 6.07) is 8.77. The van der Waals surface area contributed by atoms with Gasteiger partial charge in [-0.25, -0.2) is 4.79 Å². The summed E-state index contributed by atoms with van der Waals surface area (Å²) in [5, 5.41) is 11.0. The summed E-state index contributed by atoms with van der Waals surface area (Å²) in [7, 11) is 0. The molecule has 6 nitrogen and oxygen atoms in total. The van der Waals surface area contributed by atoms with Crippen molar-refractivity contribution in [1.29, 1.82) is 0 Å². The van der Waals surface area contributed by atoms with Crippen LogP contribution in [0.25, 0.3) is 6.08 Å². The predicted molar refractivity (Wildman–Crippen MR) is 95.3 cm³/mol. The molecule has 25 heavy (non-hydrogen) atoms. The molecular weight excluding hydrogens is 369 g/mol. The number of rotatable bonds is 6. The Balaban J connectivity index is 2.19. The minimum absolute atomic E-state index is 0.0454. The molecule has 8 heteroatoms. The van der Waals surface area contributed by atoms with Crippen molar-refractivity contribution in [3.63, 3.8) is 0 Å². The summed E-state index contributed by atoms with van der Waals surface area (Å²) in [6.07, 6.45) is 2.74. The molecule has 0 radical (unpaired) electrons. The molecule has 0 unspecified atom stereocenters. The van der Waals surface area contributed by atoms with Crippen LogP contribution in [-0.4, -0.2) is 17.5 Å². The average molecular weight is 382 g/mol. The van der Waals surface area contributed by atoms with Crippen molar-refractivity contribution in [3.8, 4) is 11.5 Å². The Morgan fingerprint density at radius 2 is 1.84 bits per heavy atom. The van der Waals surface area contributed by atoms with Crippen molar-refractivity contribution in [2.24, 2.45) is 0 Å². The van der Waals surface area contributed by atoms with Crippen LogP contribution in [0, 0.1) is 10.1 Å². The quantitative estimate of drug-likeness (QED) is 0.294. The van der Waals surface area contributed by atoms with Gasteiger partial charge in [-0.05, 0) is 42.8 Å². The lowest BCUT2D eigenvalue weighted by Crippen LogP contribution is -1.98. The van der Waals surface area contributed by atoms with Crippen LogP contribution in [0.15, 0.2) is 42.5 Å². The molecule has 0 fully saturated rings. The number of nitrogens with zero attached hydrogens (tertiary/aromatic N) is 1. The zero-order valence-electron chi connectivity index (χ0n) is 13.1. The SMILES string of the molecule is CCOC(=O)C=Cc1ccc(Oc2ccc([N+](=O)[O-])cc2)c(Cl)c1Cl. The number of non-ortho nitro benzene ring substituents is 1. The fraction of sp³-hybridized carbons (Fsp3) is 0.118. The molecule has 2 aromatic rings. The van der Waals surface area contributed by atoms with Crippen LogP contribution < -0.4 is 4.74 Å². The Bertz CT molecular complexity index is 819. The Hall–Kier alpha value is -2.57. The van der Waals surface area contributed by atoms with Gasteiger partial charge in [0.1, 0.15) is 16.5 Å². The Morgan fingerprint density at radius 1 is 1.16 bits per heavy atom. The average Bonchev–Trinajstić information content (AvgIpc) is 2.59. The van der Waals surface area contributed by atoms with Gasteiger partial charge in [0.25, 0.3) is 5.69 Å². The van der Waals surface area contributed by atoms with E-state index in [4.69, 9.17) is 32.7 Å². The zero-order valence-corrected chi connectivity index (χ0v) is 14.6. The molecule has 0 aliphatic rings. The molecule has 0 N–H and O–H groups in total. The first-order valence-electron chi connectivity index (χ1n) is 7.17. The maximum Gasteiger partial charge on any atom is 0.330 e. The number of halogens is 2. The van der Waals surface area contributed by atoms with E-state index in [-0.39, 0.29) is 28.1 Å². The van der Waals surface area contributed by atoms with E-state index in [2.05, 4.69) is 0 Å². The van der Waals surface area contributed by atoms with Crippen molar-refractivity contribution in [2.75, 3.05) is 6.61 Å². The zero-order chi connectivity index (χ0) is 18.4. The maximum atomic E-state index is 11.3. The number of hydrogen-bond donors (Lipinski definition) is 0. The molecule has 0 aliphatic heterocycles. The molecule has 0 saturated carbocycles. The molecule has 0 heterocycles. The van der Waals surface area contributed by atoms with Gasteiger partial charge in [-0.2, -0.15) is 0 Å². The van der Waals surface area contributed by atoms with E-state index in [1.165, 1.54) is 36.4 Å². The molecule has 0 saturated heterocycles. The third kappa shape index (κ3) is 4.95. The van der Waals surface area contributed by atoms with Crippen LogP contribution in [-0.2, 0) is 9.53 Å². The number of carbonyl (C=O) groups is 1. The third-order valence-electron chi connectivity index (χ3n) is 3.04. The number of esters is 1. The van der Waals surface area contributed by atoms with E-state index in [1.54, 1.807) is 19.1 Å². The molecule has 0 amide bonds. The topological polar surface area (TPSA) is 78.7 Å². The van der Waals surface area contributed by atoms with Crippen LogP contribution in [0.1, 0.15) is 12.5 Å². The molecule has 2 rings (SSSR count). The van der Waals surface area contributed by atoms with Crippen LogP contribution in [0.3, 0.4) is 0 Å². The second kappa shape index (κ2) is 8.50. The van der Waals surface area contributed by atoms with Gasteiger partial charge in [0.15, 0.2) is 0 Å². The molecule has 130 valence electrons. The first-order chi connectivity index (χ1) is 11.9. The predicted octanol–water partition coefficient (Wildman–Crippen LogP) is 5.27. The standard InChI is InChI=1S/C17H13Cl2NO5/c1-2-24-15(21)10-4-11-3-9-14(17(19)16(11)18)25-13-7-5-12(6-8-13)20(22)23/h3-10H,2H2,1H3. The van der Waals surface area contributed by atoms with E-state index < -0.39 is 10.9 Å². The highest BCUT2D eigenvalue weighted by Gasteiger charge is 2.12. The molecule has 0 spiro atoms. The summed E-state index contributed by atoms with van der Waals surface area (Å²) in [5.41, 5.74) is 0.478. The first-order valence-corrected chi connectivity index (χ1v) is 7.93. The maximum absolute atomic E-state index is 11.3. The monoisotopic (exact) mass is 381 g/mol. The van der Waals surface area contributed by atoms with E-state index in [0.717, 1.165) is 0 Å². The highest BCUT2D eigenvalue weighted by Crippen LogP contribution is 2.37. The van der Waals surface area contributed by atoms with Gasteiger partial charge in [0.2, 0.25) is 0 Å². The number of benzene rings is 2. The number of nitro benzene ring substituents is 1. The molecule has 0 atom stereocenters. The second-order valence-corrected chi connectivity index (χ2v) is 5.48. The highest BCUT2D eigenvalue weighted by atomic mass is 35.5. The van der Waals surface area contributed by atoms with Gasteiger partial charge < -0.3 is 9.47 Å². The van der Waals surface area contributed by atoms with Crippen LogP contribution in [0.5, 0.6) is 11.5 Å². The Kier molecular flexibility index (Phi) is 6.38. The van der Waals surface area contributed by atoms with Gasteiger partial charge in [-0.1, -0.05) is 23.2 Å². The summed E-state index contributed by atoms with van der Waals surface area (Å²) in [6.45, 7) is 1.99. The van der Waals surface area contributed by atoms with Gasteiger partial charge in [-0.15, -0.1) is 0 Å². The smallest absolute Gasteiger partial charge is 0.330 e. The van der Waals surface area contributed by atoms with Crippen molar-refractivity contribution in [3.05, 3.63) is 68.2 Å². The van der Waals surface area contributed by atoms with Crippen molar-refractivity contribution >= 4 is 40.9 Å². The molecule has 0 aromatic heterocycles. The number of ether oxygens (including phenoxy) is 2. The largest absolute Gasteiger partial charge is 0.463 e. The molecule has 2 aromatic carbocycles.